The molecule has 1 aromatic heterocycles. The molecule has 0 amide bonds. The lowest BCUT2D eigenvalue weighted by Crippen LogP contribution is -2.57. The maximum absolute atomic E-state index is 15.2. The number of piperidine rings is 1. The molecule has 0 bridgehead atoms. The molecule has 0 spiro atoms. The number of rotatable bonds is 7. The van der Waals surface area contributed by atoms with E-state index in [0.29, 0.717) is 28.6 Å². The van der Waals surface area contributed by atoms with Crippen molar-refractivity contribution in [3.63, 3.8) is 0 Å². The van der Waals surface area contributed by atoms with E-state index in [1.165, 1.54) is 0 Å². The number of nitrogens with two attached hydrogens (primary N) is 1. The summed E-state index contributed by atoms with van der Waals surface area (Å²) in [6, 6.07) is 4.39. The predicted molar refractivity (Wildman–Crippen MR) is 117 cm³/mol. The second-order valence-electron chi connectivity index (χ2n) is 7.97. The molecule has 0 aliphatic carbocycles. The number of alkyl halides is 4. The number of anilines is 1. The molecule has 4 unspecified atom stereocenters. The first-order valence-corrected chi connectivity index (χ1v) is 11.3. The number of nitrogens with one attached hydrogen (secondary N) is 2. The van der Waals surface area contributed by atoms with E-state index in [1.807, 2.05) is 13.8 Å². The maximum Gasteiger partial charge on any atom is 0.393 e. The van der Waals surface area contributed by atoms with Crippen molar-refractivity contribution in [2.24, 2.45) is 10.9 Å². The van der Waals surface area contributed by atoms with Gasteiger partial charge in [0, 0.05) is 12.1 Å². The van der Waals surface area contributed by atoms with Crippen LogP contribution in [0.4, 0.5) is 23.2 Å². The van der Waals surface area contributed by atoms with Crippen molar-refractivity contribution in [3.8, 4) is 0 Å². The SMILES string of the molecule is CCCC1NC(CC)CC(Nc2cccc3c(CC(F)(F)F)c(/C(N)=N/O)sc23)C1F. The van der Waals surface area contributed by atoms with Gasteiger partial charge in [-0.15, -0.1) is 11.3 Å². The number of hydrogen-bond donors (Lipinski definition) is 4. The summed E-state index contributed by atoms with van der Waals surface area (Å²) >= 11 is 1.01. The van der Waals surface area contributed by atoms with Crippen LogP contribution in [0.2, 0.25) is 0 Å². The molecule has 1 aliphatic heterocycles. The minimum atomic E-state index is -4.46. The number of thiophene rings is 1. The minimum absolute atomic E-state index is 0.0381. The van der Waals surface area contributed by atoms with Crippen LogP contribution in [-0.2, 0) is 6.42 Å². The van der Waals surface area contributed by atoms with Gasteiger partial charge in [0.15, 0.2) is 5.84 Å². The number of fused-ring (bicyclic) bond motifs is 1. The number of amidine groups is 1. The van der Waals surface area contributed by atoms with Gasteiger partial charge in [-0.1, -0.05) is 37.6 Å². The second kappa shape index (κ2) is 9.60. The minimum Gasteiger partial charge on any atom is -0.409 e. The van der Waals surface area contributed by atoms with Gasteiger partial charge in [0.25, 0.3) is 0 Å². The third kappa shape index (κ3) is 5.23. The standard InChI is InChI=1S/C21H28F4N4OS/c1-3-6-14-17(22)16(9-11(4-2)27-14)28-15-8-5-7-12-13(10-21(23,24)25)19(20(26)29-30)31-18(12)15/h5,7-8,11,14,16-17,27-28,30H,3-4,6,9-10H2,1-2H3,(H2,26,29). The zero-order valence-electron chi connectivity index (χ0n) is 17.5. The van der Waals surface area contributed by atoms with Gasteiger partial charge < -0.3 is 21.6 Å². The van der Waals surface area contributed by atoms with Crippen LogP contribution in [0.5, 0.6) is 0 Å². The fourth-order valence-electron chi connectivity index (χ4n) is 4.27. The molecule has 10 heteroatoms. The molecular formula is C21H28F4N4OS. The molecule has 4 atom stereocenters. The Bertz CT molecular complexity index is 930. The molecule has 0 radical (unpaired) electrons. The van der Waals surface area contributed by atoms with E-state index in [-0.39, 0.29) is 28.4 Å². The van der Waals surface area contributed by atoms with Crippen LogP contribution in [0.25, 0.3) is 10.1 Å². The van der Waals surface area contributed by atoms with Gasteiger partial charge in [-0.3, -0.25) is 0 Å². The van der Waals surface area contributed by atoms with Crippen LogP contribution in [0.15, 0.2) is 23.4 Å². The summed E-state index contributed by atoms with van der Waals surface area (Å²) in [6.45, 7) is 4.05. The number of nitrogens with zero attached hydrogens (tertiary/aromatic N) is 1. The summed E-state index contributed by atoms with van der Waals surface area (Å²) in [5.74, 6) is -0.370. The Balaban J connectivity index is 2.01. The Morgan fingerprint density at radius 3 is 2.71 bits per heavy atom. The van der Waals surface area contributed by atoms with Gasteiger partial charge in [-0.25, -0.2) is 4.39 Å². The van der Waals surface area contributed by atoms with Crippen molar-refractivity contribution in [3.05, 3.63) is 28.6 Å². The van der Waals surface area contributed by atoms with Crippen molar-refractivity contribution in [1.82, 2.24) is 5.32 Å². The highest BCUT2D eigenvalue weighted by atomic mass is 32.1. The Kier molecular flexibility index (Phi) is 7.31. The van der Waals surface area contributed by atoms with Gasteiger partial charge in [0.2, 0.25) is 0 Å². The molecule has 0 saturated carbocycles. The van der Waals surface area contributed by atoms with Crippen molar-refractivity contribution in [2.45, 2.75) is 76.4 Å². The fraction of sp³-hybridized carbons (Fsp3) is 0.571. The lowest BCUT2D eigenvalue weighted by Gasteiger charge is -2.39. The summed E-state index contributed by atoms with van der Waals surface area (Å²) in [5, 5.41) is 19.0. The van der Waals surface area contributed by atoms with Gasteiger partial charge >= 0.3 is 6.18 Å². The number of oxime groups is 1. The Morgan fingerprint density at radius 1 is 1.35 bits per heavy atom. The van der Waals surface area contributed by atoms with Crippen LogP contribution in [0, 0.1) is 0 Å². The maximum atomic E-state index is 15.2. The third-order valence-electron chi connectivity index (χ3n) is 5.73. The molecule has 31 heavy (non-hydrogen) atoms. The first-order valence-electron chi connectivity index (χ1n) is 10.4. The molecule has 5 nitrogen and oxygen atoms in total. The van der Waals surface area contributed by atoms with E-state index in [0.717, 1.165) is 24.2 Å². The lowest BCUT2D eigenvalue weighted by molar-refractivity contribution is -0.126. The summed E-state index contributed by atoms with van der Waals surface area (Å²) in [4.78, 5) is 0.0708. The van der Waals surface area contributed by atoms with E-state index >= 15 is 4.39 Å². The van der Waals surface area contributed by atoms with E-state index in [4.69, 9.17) is 10.9 Å². The highest BCUT2D eigenvalue weighted by Crippen LogP contribution is 2.40. The number of benzene rings is 1. The quantitative estimate of drug-likeness (QED) is 0.151. The summed E-state index contributed by atoms with van der Waals surface area (Å²) in [5.41, 5.74) is 6.20. The average molecular weight is 461 g/mol. The number of halogens is 4. The van der Waals surface area contributed by atoms with Gasteiger partial charge in [0.05, 0.1) is 27.7 Å². The van der Waals surface area contributed by atoms with E-state index < -0.39 is 24.8 Å². The molecule has 1 saturated heterocycles. The van der Waals surface area contributed by atoms with Crippen molar-refractivity contribution < 1.29 is 22.8 Å². The van der Waals surface area contributed by atoms with Crippen molar-refractivity contribution >= 4 is 32.9 Å². The highest BCUT2D eigenvalue weighted by molar-refractivity contribution is 7.21. The fourth-order valence-corrected chi connectivity index (χ4v) is 5.46. The number of hydrogen-bond acceptors (Lipinski definition) is 5. The first kappa shape index (κ1) is 23.6. The third-order valence-corrected chi connectivity index (χ3v) is 7.03. The van der Waals surface area contributed by atoms with Crippen LogP contribution in [-0.4, -0.2) is 41.5 Å². The van der Waals surface area contributed by atoms with Crippen LogP contribution < -0.4 is 16.4 Å². The molecule has 1 aliphatic rings. The zero-order valence-corrected chi connectivity index (χ0v) is 18.3. The second-order valence-corrected chi connectivity index (χ2v) is 8.99. The van der Waals surface area contributed by atoms with E-state index in [1.54, 1.807) is 18.2 Å². The van der Waals surface area contributed by atoms with E-state index in [2.05, 4.69) is 15.8 Å². The zero-order chi connectivity index (χ0) is 22.8. The Hall–Kier alpha value is -2.07. The van der Waals surface area contributed by atoms with Gasteiger partial charge in [0.1, 0.15) is 6.17 Å². The molecule has 172 valence electrons. The van der Waals surface area contributed by atoms with E-state index in [9.17, 15) is 13.2 Å². The smallest absolute Gasteiger partial charge is 0.393 e. The summed E-state index contributed by atoms with van der Waals surface area (Å²) < 4.78 is 55.4. The van der Waals surface area contributed by atoms with Crippen LogP contribution in [0.1, 0.15) is 50.0 Å². The van der Waals surface area contributed by atoms with Gasteiger partial charge in [-0.05, 0) is 36.3 Å². The van der Waals surface area contributed by atoms with Gasteiger partial charge in [-0.2, -0.15) is 13.2 Å². The van der Waals surface area contributed by atoms with Crippen LogP contribution >= 0.6 is 11.3 Å². The Morgan fingerprint density at radius 2 is 2.10 bits per heavy atom. The topological polar surface area (TPSA) is 82.7 Å². The van der Waals surface area contributed by atoms with Crippen molar-refractivity contribution in [1.29, 1.82) is 0 Å². The molecule has 1 aromatic carbocycles. The summed E-state index contributed by atoms with van der Waals surface area (Å²) in [6.07, 6.45) is -3.79. The average Bonchev–Trinajstić information content (AvgIpc) is 3.08. The monoisotopic (exact) mass is 460 g/mol. The molecule has 1 fully saturated rings. The molecule has 2 heterocycles. The molecule has 5 N–H and O–H groups in total. The van der Waals surface area contributed by atoms with Crippen molar-refractivity contribution in [2.75, 3.05) is 5.32 Å². The van der Waals surface area contributed by atoms with Crippen LogP contribution in [0.3, 0.4) is 0 Å². The lowest BCUT2D eigenvalue weighted by atomic mass is 9.88. The highest BCUT2D eigenvalue weighted by Gasteiger charge is 2.37. The largest absolute Gasteiger partial charge is 0.409 e. The predicted octanol–water partition coefficient (Wildman–Crippen LogP) is 5.16. The normalized spacial score (nSPS) is 25.2. The first-order chi connectivity index (χ1) is 14.7. The Labute approximate surface area is 182 Å². The molecule has 2 aromatic rings. The molecule has 3 rings (SSSR count). The molecular weight excluding hydrogens is 432 g/mol. The summed E-state index contributed by atoms with van der Waals surface area (Å²) in [7, 11) is 0.